The molecule has 114 valence electrons. The van der Waals surface area contributed by atoms with E-state index in [4.69, 9.17) is 0 Å². The fourth-order valence-corrected chi connectivity index (χ4v) is 3.14. The normalized spacial score (nSPS) is 18.1. The standard InChI is InChI=1S/C17H24N2O2/c1-5-7-13(2)18-11-6-10-17(3,4)15-9-8-14(19(20)21)12-16(15)18/h7-9,12H,5-6,10-11H2,1-4H3/b13-7-. The predicted molar refractivity (Wildman–Crippen MR) is 86.8 cm³/mol. The predicted octanol–water partition coefficient (Wildman–Crippen LogP) is 4.79. The lowest BCUT2D eigenvalue weighted by Gasteiger charge is -2.29. The van der Waals surface area contributed by atoms with E-state index < -0.39 is 0 Å². The van der Waals surface area contributed by atoms with Crippen molar-refractivity contribution in [2.75, 3.05) is 11.4 Å². The van der Waals surface area contributed by atoms with Crippen molar-refractivity contribution in [1.29, 1.82) is 0 Å². The first-order valence-corrected chi connectivity index (χ1v) is 7.60. The second-order valence-corrected chi connectivity index (χ2v) is 6.35. The summed E-state index contributed by atoms with van der Waals surface area (Å²) in [5, 5.41) is 11.1. The van der Waals surface area contributed by atoms with Crippen LogP contribution in [0.15, 0.2) is 30.0 Å². The molecule has 0 aromatic heterocycles. The summed E-state index contributed by atoms with van der Waals surface area (Å²) in [5.41, 5.74) is 3.59. The highest BCUT2D eigenvalue weighted by Crippen LogP contribution is 2.41. The number of nitrogens with zero attached hydrogens (tertiary/aromatic N) is 2. The van der Waals surface area contributed by atoms with E-state index in [0.717, 1.165) is 31.5 Å². The van der Waals surface area contributed by atoms with E-state index >= 15 is 0 Å². The summed E-state index contributed by atoms with van der Waals surface area (Å²) in [6.07, 6.45) is 5.33. The summed E-state index contributed by atoms with van der Waals surface area (Å²) < 4.78 is 0. The molecule has 1 heterocycles. The number of nitro groups is 1. The van der Waals surface area contributed by atoms with Crippen molar-refractivity contribution in [2.24, 2.45) is 0 Å². The maximum absolute atomic E-state index is 11.1. The van der Waals surface area contributed by atoms with Crippen molar-refractivity contribution >= 4 is 11.4 Å². The first-order chi connectivity index (χ1) is 9.86. The molecule has 4 nitrogen and oxygen atoms in total. The van der Waals surface area contributed by atoms with Crippen molar-refractivity contribution in [3.05, 3.63) is 45.6 Å². The number of non-ortho nitro benzene ring substituents is 1. The lowest BCUT2D eigenvalue weighted by Crippen LogP contribution is -2.22. The third kappa shape index (κ3) is 3.09. The zero-order valence-electron chi connectivity index (χ0n) is 13.3. The van der Waals surface area contributed by atoms with Gasteiger partial charge >= 0.3 is 0 Å². The molecule has 1 aromatic rings. The minimum absolute atomic E-state index is 0.0473. The first kappa shape index (κ1) is 15.5. The van der Waals surface area contributed by atoms with Crippen LogP contribution in [0.5, 0.6) is 0 Å². The zero-order chi connectivity index (χ0) is 15.6. The largest absolute Gasteiger partial charge is 0.345 e. The Labute approximate surface area is 126 Å². The number of anilines is 1. The lowest BCUT2D eigenvalue weighted by molar-refractivity contribution is -0.384. The zero-order valence-corrected chi connectivity index (χ0v) is 13.3. The van der Waals surface area contributed by atoms with Crippen LogP contribution in [0.1, 0.15) is 52.5 Å². The fraction of sp³-hybridized carbons (Fsp3) is 0.529. The number of allylic oxidation sites excluding steroid dienone is 2. The highest BCUT2D eigenvalue weighted by atomic mass is 16.6. The van der Waals surface area contributed by atoms with Crippen molar-refractivity contribution in [3.8, 4) is 0 Å². The molecule has 1 aliphatic rings. The molecule has 0 bridgehead atoms. The molecule has 21 heavy (non-hydrogen) atoms. The maximum atomic E-state index is 11.1. The third-order valence-corrected chi connectivity index (χ3v) is 4.32. The van der Waals surface area contributed by atoms with Crippen molar-refractivity contribution < 1.29 is 4.92 Å². The van der Waals surface area contributed by atoms with Gasteiger partial charge in [0.25, 0.3) is 5.69 Å². The molecule has 0 atom stereocenters. The molecule has 0 spiro atoms. The van der Waals surface area contributed by atoms with E-state index in [1.165, 1.54) is 11.3 Å². The van der Waals surface area contributed by atoms with E-state index in [0.29, 0.717) is 0 Å². The lowest BCUT2D eigenvalue weighted by atomic mass is 9.80. The van der Waals surface area contributed by atoms with E-state index in [1.807, 2.05) is 6.07 Å². The highest BCUT2D eigenvalue weighted by molar-refractivity contribution is 5.65. The molecule has 0 N–H and O–H groups in total. The minimum atomic E-state index is -0.310. The van der Waals surface area contributed by atoms with Crippen LogP contribution in [-0.2, 0) is 5.41 Å². The molecule has 0 saturated heterocycles. The van der Waals surface area contributed by atoms with Crippen LogP contribution in [0.25, 0.3) is 0 Å². The van der Waals surface area contributed by atoms with Gasteiger partial charge in [0.1, 0.15) is 0 Å². The summed E-state index contributed by atoms with van der Waals surface area (Å²) >= 11 is 0. The van der Waals surface area contributed by atoms with Crippen LogP contribution < -0.4 is 4.90 Å². The van der Waals surface area contributed by atoms with E-state index in [9.17, 15) is 10.1 Å². The molecule has 1 aliphatic heterocycles. The van der Waals surface area contributed by atoms with Gasteiger partial charge in [-0.1, -0.05) is 26.8 Å². The number of rotatable bonds is 3. The van der Waals surface area contributed by atoms with Gasteiger partial charge in [-0.2, -0.15) is 0 Å². The topological polar surface area (TPSA) is 46.4 Å². The van der Waals surface area contributed by atoms with Gasteiger partial charge in [0.05, 0.1) is 10.6 Å². The van der Waals surface area contributed by atoms with Crippen LogP contribution in [0, 0.1) is 10.1 Å². The first-order valence-electron chi connectivity index (χ1n) is 7.60. The van der Waals surface area contributed by atoms with Crippen molar-refractivity contribution in [1.82, 2.24) is 0 Å². The van der Waals surface area contributed by atoms with Gasteiger partial charge in [-0.25, -0.2) is 0 Å². The highest BCUT2D eigenvalue weighted by Gasteiger charge is 2.30. The van der Waals surface area contributed by atoms with Gasteiger partial charge in [0.2, 0.25) is 0 Å². The summed E-state index contributed by atoms with van der Waals surface area (Å²) in [7, 11) is 0. The molecule has 0 radical (unpaired) electrons. The van der Waals surface area contributed by atoms with Gasteiger partial charge in [-0.05, 0) is 43.2 Å². The SMILES string of the molecule is CC/C=C(/C)N1CCCC(C)(C)c2ccc([N+](=O)[O-])cc21. The van der Waals surface area contributed by atoms with Gasteiger partial charge in [-0.15, -0.1) is 0 Å². The Balaban J connectivity index is 2.60. The summed E-state index contributed by atoms with van der Waals surface area (Å²) in [5.74, 6) is 0. The monoisotopic (exact) mass is 288 g/mol. The van der Waals surface area contributed by atoms with Gasteiger partial charge in [0, 0.05) is 24.4 Å². The summed E-state index contributed by atoms with van der Waals surface area (Å²) in [6.45, 7) is 9.56. The van der Waals surface area contributed by atoms with E-state index in [-0.39, 0.29) is 16.0 Å². The third-order valence-electron chi connectivity index (χ3n) is 4.32. The van der Waals surface area contributed by atoms with Gasteiger partial charge < -0.3 is 4.90 Å². The van der Waals surface area contributed by atoms with E-state index in [2.05, 4.69) is 38.7 Å². The van der Waals surface area contributed by atoms with Crippen LogP contribution >= 0.6 is 0 Å². The number of hydrogen-bond acceptors (Lipinski definition) is 3. The second kappa shape index (κ2) is 5.88. The Hall–Kier alpha value is -1.84. The molecule has 4 heteroatoms. The minimum Gasteiger partial charge on any atom is -0.345 e. The van der Waals surface area contributed by atoms with Crippen LogP contribution in [0.3, 0.4) is 0 Å². The van der Waals surface area contributed by atoms with Crippen molar-refractivity contribution in [3.63, 3.8) is 0 Å². The molecule has 0 aliphatic carbocycles. The molecule has 0 fully saturated rings. The molecule has 2 rings (SSSR count). The Morgan fingerprint density at radius 1 is 1.48 bits per heavy atom. The molecule has 0 saturated carbocycles. The summed E-state index contributed by atoms with van der Waals surface area (Å²) in [6, 6.07) is 5.30. The molecule has 1 aromatic carbocycles. The number of nitro benzene ring substituents is 1. The Morgan fingerprint density at radius 3 is 2.81 bits per heavy atom. The average Bonchev–Trinajstić information content (AvgIpc) is 2.55. The second-order valence-electron chi connectivity index (χ2n) is 6.35. The molecule has 0 amide bonds. The smallest absolute Gasteiger partial charge is 0.271 e. The Bertz CT molecular complexity index is 576. The number of fused-ring (bicyclic) bond motifs is 1. The number of benzene rings is 1. The quantitative estimate of drug-likeness (QED) is 0.593. The van der Waals surface area contributed by atoms with Crippen LogP contribution in [-0.4, -0.2) is 11.5 Å². The van der Waals surface area contributed by atoms with Crippen molar-refractivity contribution in [2.45, 2.75) is 52.4 Å². The fourth-order valence-electron chi connectivity index (χ4n) is 3.14. The Kier molecular flexibility index (Phi) is 4.35. The average molecular weight is 288 g/mol. The van der Waals surface area contributed by atoms with Crippen LogP contribution in [0.4, 0.5) is 11.4 Å². The Morgan fingerprint density at radius 2 is 2.19 bits per heavy atom. The molecular formula is C17H24N2O2. The molecule has 0 unspecified atom stereocenters. The molecular weight excluding hydrogens is 264 g/mol. The van der Waals surface area contributed by atoms with Gasteiger partial charge in [-0.3, -0.25) is 10.1 Å². The summed E-state index contributed by atoms with van der Waals surface area (Å²) in [4.78, 5) is 13.0. The van der Waals surface area contributed by atoms with Crippen LogP contribution in [0.2, 0.25) is 0 Å². The maximum Gasteiger partial charge on any atom is 0.271 e. The van der Waals surface area contributed by atoms with Gasteiger partial charge in [0.15, 0.2) is 0 Å². The van der Waals surface area contributed by atoms with E-state index in [1.54, 1.807) is 12.1 Å². The number of hydrogen-bond donors (Lipinski definition) is 0.